The third-order valence-electron chi connectivity index (χ3n) is 7.20. The Morgan fingerprint density at radius 2 is 1.86 bits per heavy atom. The number of imide groups is 1. The second kappa shape index (κ2) is 9.45. The van der Waals surface area contributed by atoms with Gasteiger partial charge in [0, 0.05) is 43.9 Å². The Hall–Kier alpha value is -3.60. The number of nitrogens with one attached hydrogen (secondary N) is 1. The molecule has 1 spiro atoms. The molecule has 2 aromatic rings. The molecule has 0 aromatic carbocycles. The van der Waals surface area contributed by atoms with Gasteiger partial charge >= 0.3 is 0 Å². The third kappa shape index (κ3) is 4.27. The van der Waals surface area contributed by atoms with Crippen LogP contribution in [0.25, 0.3) is 0 Å². The fraction of sp³-hybridized carbons (Fsp3) is 0.520. The van der Waals surface area contributed by atoms with Crippen molar-refractivity contribution in [2.75, 3.05) is 44.5 Å². The average molecular weight is 494 g/mol. The van der Waals surface area contributed by atoms with E-state index in [1.165, 1.54) is 7.05 Å². The molecule has 4 heterocycles. The summed E-state index contributed by atoms with van der Waals surface area (Å²) in [4.78, 5) is 57.6. The van der Waals surface area contributed by atoms with Gasteiger partial charge in [0.1, 0.15) is 17.8 Å². The van der Waals surface area contributed by atoms with Gasteiger partial charge in [0.2, 0.25) is 29.5 Å². The lowest BCUT2D eigenvalue weighted by Gasteiger charge is -2.40. The SMILES string of the molecule is CN(C)CCOc1ccc(Nc2ncc3c(n2)N(C2CCCC2)C(=O)C2(CC(=O)N(C)C2=O)C3)cn1. The van der Waals surface area contributed by atoms with Crippen LogP contribution < -0.4 is 15.0 Å². The molecule has 2 aromatic heterocycles. The number of pyridine rings is 1. The topological polar surface area (TPSA) is 121 Å². The van der Waals surface area contributed by atoms with Crippen molar-refractivity contribution in [1.29, 1.82) is 0 Å². The molecule has 1 saturated heterocycles. The number of hydrogen-bond donors (Lipinski definition) is 1. The molecule has 1 aliphatic carbocycles. The number of fused-ring (bicyclic) bond motifs is 1. The number of carbonyl (C=O) groups is 3. The van der Waals surface area contributed by atoms with Gasteiger partial charge < -0.3 is 15.0 Å². The van der Waals surface area contributed by atoms with Crippen molar-refractivity contribution in [3.63, 3.8) is 0 Å². The van der Waals surface area contributed by atoms with Crippen molar-refractivity contribution in [3.05, 3.63) is 30.1 Å². The van der Waals surface area contributed by atoms with Gasteiger partial charge in [-0.05, 0) is 33.0 Å². The molecule has 0 radical (unpaired) electrons. The maximum atomic E-state index is 13.9. The molecule has 3 amide bonds. The van der Waals surface area contributed by atoms with E-state index in [1.54, 1.807) is 23.4 Å². The molecule has 1 atom stereocenters. The Morgan fingerprint density at radius 1 is 1.08 bits per heavy atom. The highest BCUT2D eigenvalue weighted by atomic mass is 16.5. The van der Waals surface area contributed by atoms with Crippen molar-refractivity contribution in [3.8, 4) is 5.88 Å². The molecule has 5 rings (SSSR count). The smallest absolute Gasteiger partial charge is 0.245 e. The monoisotopic (exact) mass is 493 g/mol. The summed E-state index contributed by atoms with van der Waals surface area (Å²) in [5.74, 6) is 0.278. The summed E-state index contributed by atoms with van der Waals surface area (Å²) in [7, 11) is 5.40. The molecular formula is C25H31N7O4. The van der Waals surface area contributed by atoms with E-state index in [1.807, 2.05) is 25.1 Å². The second-order valence-electron chi connectivity index (χ2n) is 10.0. The van der Waals surface area contributed by atoms with E-state index < -0.39 is 11.3 Å². The van der Waals surface area contributed by atoms with Crippen LogP contribution in [0.15, 0.2) is 24.5 Å². The highest BCUT2D eigenvalue weighted by Crippen LogP contribution is 2.46. The molecule has 0 bridgehead atoms. The number of anilines is 3. The van der Waals surface area contributed by atoms with Gasteiger partial charge in [-0.15, -0.1) is 0 Å². The molecule has 3 aliphatic rings. The van der Waals surface area contributed by atoms with E-state index in [0.29, 0.717) is 35.5 Å². The lowest BCUT2D eigenvalue weighted by atomic mass is 9.76. The largest absolute Gasteiger partial charge is 0.476 e. The van der Waals surface area contributed by atoms with Crippen molar-refractivity contribution < 1.29 is 19.1 Å². The van der Waals surface area contributed by atoms with Gasteiger partial charge in [-0.25, -0.2) is 9.97 Å². The zero-order chi connectivity index (χ0) is 25.4. The Bertz CT molecular complexity index is 1180. The number of rotatable bonds is 7. The number of ether oxygens (including phenoxy) is 1. The molecule has 1 N–H and O–H groups in total. The first kappa shape index (κ1) is 24.1. The minimum Gasteiger partial charge on any atom is -0.476 e. The van der Waals surface area contributed by atoms with Crippen LogP contribution in [0, 0.1) is 5.41 Å². The first-order chi connectivity index (χ1) is 17.3. The fourth-order valence-electron chi connectivity index (χ4n) is 5.21. The average Bonchev–Trinajstić information content (AvgIpc) is 3.45. The number of amides is 3. The van der Waals surface area contributed by atoms with E-state index >= 15 is 0 Å². The maximum Gasteiger partial charge on any atom is 0.245 e. The van der Waals surface area contributed by atoms with Gasteiger partial charge in [-0.1, -0.05) is 12.8 Å². The van der Waals surface area contributed by atoms with Crippen LogP contribution in [0.3, 0.4) is 0 Å². The molecule has 36 heavy (non-hydrogen) atoms. The Kier molecular flexibility index (Phi) is 6.33. The molecule has 2 aliphatic heterocycles. The Labute approximate surface area is 209 Å². The Morgan fingerprint density at radius 3 is 2.50 bits per heavy atom. The predicted octanol–water partition coefficient (Wildman–Crippen LogP) is 1.76. The van der Waals surface area contributed by atoms with E-state index in [9.17, 15) is 14.4 Å². The van der Waals surface area contributed by atoms with Gasteiger partial charge in [0.05, 0.1) is 18.3 Å². The van der Waals surface area contributed by atoms with Crippen LogP contribution in [-0.2, 0) is 20.8 Å². The predicted molar refractivity (Wildman–Crippen MR) is 132 cm³/mol. The number of likely N-dealkylation sites (tertiary alicyclic amines) is 1. The number of aromatic nitrogens is 3. The lowest BCUT2D eigenvalue weighted by molar-refractivity contribution is -0.144. The fourth-order valence-corrected chi connectivity index (χ4v) is 5.21. The van der Waals surface area contributed by atoms with Crippen molar-refractivity contribution >= 4 is 35.2 Å². The van der Waals surface area contributed by atoms with Gasteiger partial charge in [-0.2, -0.15) is 4.98 Å². The van der Waals surface area contributed by atoms with Crippen molar-refractivity contribution in [2.24, 2.45) is 5.41 Å². The van der Waals surface area contributed by atoms with Crippen molar-refractivity contribution in [2.45, 2.75) is 44.6 Å². The first-order valence-corrected chi connectivity index (χ1v) is 12.3. The molecule has 190 valence electrons. The summed E-state index contributed by atoms with van der Waals surface area (Å²) in [6, 6.07) is 3.55. The molecule has 11 heteroatoms. The van der Waals surface area contributed by atoms with Crippen LogP contribution in [0.5, 0.6) is 5.88 Å². The summed E-state index contributed by atoms with van der Waals surface area (Å²) in [6.07, 6.45) is 7.00. The zero-order valence-electron chi connectivity index (χ0n) is 20.9. The molecule has 1 unspecified atom stereocenters. The van der Waals surface area contributed by atoms with E-state index in [2.05, 4.69) is 15.3 Å². The molecule has 1 saturated carbocycles. The van der Waals surface area contributed by atoms with Gasteiger partial charge in [0.25, 0.3) is 0 Å². The zero-order valence-corrected chi connectivity index (χ0v) is 20.9. The highest BCUT2D eigenvalue weighted by molar-refractivity contribution is 6.21. The maximum absolute atomic E-state index is 13.9. The lowest BCUT2D eigenvalue weighted by Crippen LogP contribution is -2.56. The minimum absolute atomic E-state index is 0.0507. The quantitative estimate of drug-likeness (QED) is 0.454. The number of likely N-dealkylation sites (N-methyl/N-ethyl adjacent to an activating group) is 1. The van der Waals surface area contributed by atoms with Crippen LogP contribution in [-0.4, -0.2) is 82.8 Å². The van der Waals surface area contributed by atoms with E-state index in [0.717, 1.165) is 37.1 Å². The summed E-state index contributed by atoms with van der Waals surface area (Å²) < 4.78 is 5.64. The van der Waals surface area contributed by atoms with Gasteiger partial charge in [-0.3, -0.25) is 24.2 Å². The van der Waals surface area contributed by atoms with Crippen LogP contribution >= 0.6 is 0 Å². The van der Waals surface area contributed by atoms with Crippen LogP contribution in [0.1, 0.15) is 37.7 Å². The summed E-state index contributed by atoms with van der Waals surface area (Å²) in [6.45, 7) is 1.33. The summed E-state index contributed by atoms with van der Waals surface area (Å²) >= 11 is 0. The first-order valence-electron chi connectivity index (χ1n) is 12.3. The highest BCUT2D eigenvalue weighted by Gasteiger charge is 2.60. The molecular weight excluding hydrogens is 462 g/mol. The minimum atomic E-state index is -1.40. The van der Waals surface area contributed by atoms with E-state index in [-0.39, 0.29) is 30.7 Å². The summed E-state index contributed by atoms with van der Waals surface area (Å²) in [5.41, 5.74) is -0.0168. The molecule has 11 nitrogen and oxygen atoms in total. The number of nitrogens with zero attached hydrogens (tertiary/aromatic N) is 6. The standard InChI is InChI=1S/C25H31N7O4/c1-30(2)10-11-36-19-9-8-17(15-26-19)28-24-27-14-16-12-25(13-20(33)31(3)22(25)34)23(35)32(21(16)29-24)18-6-4-5-7-18/h8-9,14-15,18H,4-7,10-13H2,1-3H3,(H,27,28,29). The van der Waals surface area contributed by atoms with Crippen LogP contribution in [0.4, 0.5) is 17.5 Å². The van der Waals surface area contributed by atoms with E-state index in [4.69, 9.17) is 9.72 Å². The van der Waals surface area contributed by atoms with Gasteiger partial charge in [0.15, 0.2) is 0 Å². The normalized spacial score (nSPS) is 22.2. The molecule has 2 fully saturated rings. The number of hydrogen-bond acceptors (Lipinski definition) is 9. The summed E-state index contributed by atoms with van der Waals surface area (Å²) in [5, 5.41) is 3.15. The second-order valence-corrected chi connectivity index (χ2v) is 10.0. The van der Waals surface area contributed by atoms with Crippen LogP contribution in [0.2, 0.25) is 0 Å². The Balaban J connectivity index is 1.40. The van der Waals surface area contributed by atoms with Crippen molar-refractivity contribution in [1.82, 2.24) is 24.8 Å². The number of carbonyl (C=O) groups excluding carboxylic acids is 3. The third-order valence-corrected chi connectivity index (χ3v) is 7.20.